The number of nitrogens with one attached hydrogen (secondary N) is 1. The number of rotatable bonds is 9. The van der Waals surface area contributed by atoms with Crippen LogP contribution >= 0.6 is 35.0 Å². The second-order valence-electron chi connectivity index (χ2n) is 8.40. The smallest absolute Gasteiger partial charge is 0.243 e. The number of hydrogen-bond acceptors (Lipinski definition) is 3. The van der Waals surface area contributed by atoms with Crippen molar-refractivity contribution < 1.29 is 9.59 Å². The van der Waals surface area contributed by atoms with Gasteiger partial charge >= 0.3 is 0 Å². The minimum atomic E-state index is -0.536. The van der Waals surface area contributed by atoms with Crippen molar-refractivity contribution in [2.24, 2.45) is 0 Å². The largest absolute Gasteiger partial charge is 0.350 e. The fourth-order valence-electron chi connectivity index (χ4n) is 3.12. The number of nitrogens with zero attached hydrogens (tertiary/aromatic N) is 1. The Bertz CT molecular complexity index is 885. The lowest BCUT2D eigenvalue weighted by atomic mass is 10.1. The highest BCUT2D eigenvalue weighted by Crippen LogP contribution is 2.25. The van der Waals surface area contributed by atoms with Crippen LogP contribution in [0, 0.1) is 0 Å². The van der Waals surface area contributed by atoms with Gasteiger partial charge in [0.25, 0.3) is 0 Å². The van der Waals surface area contributed by atoms with Gasteiger partial charge in [-0.05, 0) is 50.5 Å². The molecule has 0 bridgehead atoms. The molecule has 0 saturated carbocycles. The molecule has 168 valence electrons. The fourth-order valence-corrected chi connectivity index (χ4v) is 4.59. The molecule has 2 rings (SSSR count). The first kappa shape index (κ1) is 25.6. The summed E-state index contributed by atoms with van der Waals surface area (Å²) >= 11 is 13.7. The summed E-state index contributed by atoms with van der Waals surface area (Å²) in [5.74, 6) is 0.636. The van der Waals surface area contributed by atoms with Crippen LogP contribution in [0.5, 0.6) is 0 Å². The Kier molecular flexibility index (Phi) is 9.73. The van der Waals surface area contributed by atoms with Crippen LogP contribution in [-0.2, 0) is 21.9 Å². The van der Waals surface area contributed by atoms with E-state index in [1.54, 1.807) is 17.0 Å². The van der Waals surface area contributed by atoms with E-state index in [1.165, 1.54) is 11.8 Å². The average Bonchev–Trinajstić information content (AvgIpc) is 2.68. The van der Waals surface area contributed by atoms with Crippen LogP contribution in [0.4, 0.5) is 0 Å². The number of benzene rings is 2. The van der Waals surface area contributed by atoms with Crippen LogP contribution in [0.3, 0.4) is 0 Å². The summed E-state index contributed by atoms with van der Waals surface area (Å²) in [6, 6.07) is 14.6. The van der Waals surface area contributed by atoms with Gasteiger partial charge in [-0.1, -0.05) is 66.5 Å². The van der Waals surface area contributed by atoms with E-state index in [2.05, 4.69) is 5.32 Å². The topological polar surface area (TPSA) is 49.4 Å². The van der Waals surface area contributed by atoms with Gasteiger partial charge in [-0.2, -0.15) is 0 Å². The van der Waals surface area contributed by atoms with Crippen molar-refractivity contribution in [3.05, 3.63) is 69.7 Å². The predicted molar refractivity (Wildman–Crippen MR) is 132 cm³/mol. The van der Waals surface area contributed by atoms with Crippen molar-refractivity contribution in [3.8, 4) is 0 Å². The first-order valence-corrected chi connectivity index (χ1v) is 12.2. The van der Waals surface area contributed by atoms with Gasteiger partial charge in [0.2, 0.25) is 11.8 Å². The molecule has 0 fully saturated rings. The summed E-state index contributed by atoms with van der Waals surface area (Å²) in [5.41, 5.74) is 1.55. The lowest BCUT2D eigenvalue weighted by Gasteiger charge is -2.33. The molecule has 0 aliphatic heterocycles. The highest BCUT2D eigenvalue weighted by Gasteiger charge is 2.30. The van der Waals surface area contributed by atoms with E-state index in [4.69, 9.17) is 23.2 Å². The maximum Gasteiger partial charge on any atom is 0.243 e. The zero-order chi connectivity index (χ0) is 23.0. The molecule has 0 aromatic heterocycles. The lowest BCUT2D eigenvalue weighted by molar-refractivity contribution is -0.140. The van der Waals surface area contributed by atoms with Crippen molar-refractivity contribution in [2.45, 2.75) is 58.0 Å². The van der Waals surface area contributed by atoms with Gasteiger partial charge in [0.1, 0.15) is 6.04 Å². The standard InChI is InChI=1S/C24H30Cl2N2O2S/c1-5-21(23(30)27-24(2,3)4)28(14-17-9-7-6-8-10-17)22(29)16-31-15-18-11-12-19(25)13-20(18)26/h6-13,21H,5,14-16H2,1-4H3,(H,27,30)/t21-/m0/s1. The zero-order valence-electron chi connectivity index (χ0n) is 18.5. The van der Waals surface area contributed by atoms with Crippen LogP contribution in [0.15, 0.2) is 48.5 Å². The molecule has 1 atom stereocenters. The molecule has 0 heterocycles. The lowest BCUT2D eigenvalue weighted by Crippen LogP contribution is -2.53. The fraction of sp³-hybridized carbons (Fsp3) is 0.417. The van der Waals surface area contributed by atoms with Gasteiger partial charge < -0.3 is 10.2 Å². The van der Waals surface area contributed by atoms with Crippen molar-refractivity contribution in [1.29, 1.82) is 0 Å². The minimum absolute atomic E-state index is 0.0742. The summed E-state index contributed by atoms with van der Waals surface area (Å²) in [5, 5.41) is 4.19. The van der Waals surface area contributed by atoms with E-state index in [0.29, 0.717) is 28.8 Å². The van der Waals surface area contributed by atoms with Crippen LogP contribution in [0.2, 0.25) is 10.0 Å². The van der Waals surface area contributed by atoms with E-state index in [9.17, 15) is 9.59 Å². The second kappa shape index (κ2) is 11.8. The second-order valence-corrected chi connectivity index (χ2v) is 10.2. The third-order valence-electron chi connectivity index (χ3n) is 4.58. The Balaban J connectivity index is 2.14. The summed E-state index contributed by atoms with van der Waals surface area (Å²) in [6.07, 6.45) is 0.536. The first-order valence-electron chi connectivity index (χ1n) is 10.3. The number of thioether (sulfide) groups is 1. The molecule has 0 radical (unpaired) electrons. The zero-order valence-corrected chi connectivity index (χ0v) is 20.8. The van der Waals surface area contributed by atoms with Crippen LogP contribution in [-0.4, -0.2) is 34.0 Å². The van der Waals surface area contributed by atoms with E-state index in [-0.39, 0.29) is 23.1 Å². The normalized spacial score (nSPS) is 12.3. The van der Waals surface area contributed by atoms with Gasteiger partial charge in [0.15, 0.2) is 0 Å². The summed E-state index contributed by atoms with van der Waals surface area (Å²) in [4.78, 5) is 27.9. The average molecular weight is 481 g/mol. The third-order valence-corrected chi connectivity index (χ3v) is 6.13. The van der Waals surface area contributed by atoms with Gasteiger partial charge in [-0.25, -0.2) is 0 Å². The Morgan fingerprint density at radius 2 is 1.77 bits per heavy atom. The van der Waals surface area contributed by atoms with Gasteiger partial charge in [-0.3, -0.25) is 9.59 Å². The van der Waals surface area contributed by atoms with Gasteiger partial charge in [0, 0.05) is 27.9 Å². The molecule has 1 N–H and O–H groups in total. The van der Waals surface area contributed by atoms with Crippen molar-refractivity contribution in [2.75, 3.05) is 5.75 Å². The number of carbonyl (C=O) groups excluding carboxylic acids is 2. The molecule has 0 spiro atoms. The molecule has 31 heavy (non-hydrogen) atoms. The van der Waals surface area contributed by atoms with Gasteiger partial charge in [0.05, 0.1) is 5.75 Å². The first-order chi connectivity index (χ1) is 14.6. The Morgan fingerprint density at radius 3 is 2.35 bits per heavy atom. The van der Waals surface area contributed by atoms with E-state index in [1.807, 2.05) is 64.1 Å². The maximum atomic E-state index is 13.2. The number of amides is 2. The van der Waals surface area contributed by atoms with Crippen molar-refractivity contribution >= 4 is 46.8 Å². The molecule has 0 aliphatic carbocycles. The van der Waals surface area contributed by atoms with Crippen LogP contribution in [0.25, 0.3) is 0 Å². The third kappa shape index (κ3) is 8.40. The molecule has 2 aromatic rings. The number of halogens is 2. The molecule has 4 nitrogen and oxygen atoms in total. The van der Waals surface area contributed by atoms with Crippen molar-refractivity contribution in [3.63, 3.8) is 0 Å². The SMILES string of the molecule is CC[C@@H](C(=O)NC(C)(C)C)N(Cc1ccccc1)C(=O)CSCc1ccc(Cl)cc1Cl. The van der Waals surface area contributed by atoms with E-state index >= 15 is 0 Å². The van der Waals surface area contributed by atoms with Crippen molar-refractivity contribution in [1.82, 2.24) is 10.2 Å². The van der Waals surface area contributed by atoms with Crippen LogP contribution < -0.4 is 5.32 Å². The van der Waals surface area contributed by atoms with E-state index in [0.717, 1.165) is 11.1 Å². The summed E-state index contributed by atoms with van der Waals surface area (Å²) < 4.78 is 0. The summed E-state index contributed by atoms with van der Waals surface area (Å²) in [6.45, 7) is 8.13. The highest BCUT2D eigenvalue weighted by atomic mass is 35.5. The summed E-state index contributed by atoms with van der Waals surface area (Å²) in [7, 11) is 0. The quantitative estimate of drug-likeness (QED) is 0.482. The molecule has 0 aliphatic rings. The van der Waals surface area contributed by atoms with Crippen LogP contribution in [0.1, 0.15) is 45.2 Å². The predicted octanol–water partition coefficient (Wildman–Crippen LogP) is 5.95. The Hall–Kier alpha value is -1.69. The molecule has 7 heteroatoms. The molecular formula is C24H30Cl2N2O2S. The van der Waals surface area contributed by atoms with Gasteiger partial charge in [-0.15, -0.1) is 11.8 Å². The molecular weight excluding hydrogens is 451 g/mol. The number of carbonyl (C=O) groups is 2. The molecule has 2 aromatic carbocycles. The monoisotopic (exact) mass is 480 g/mol. The minimum Gasteiger partial charge on any atom is -0.350 e. The molecule has 0 saturated heterocycles. The highest BCUT2D eigenvalue weighted by molar-refractivity contribution is 7.99. The maximum absolute atomic E-state index is 13.2. The number of hydrogen-bond donors (Lipinski definition) is 1. The Morgan fingerprint density at radius 1 is 1.10 bits per heavy atom. The Labute approximate surface area is 199 Å². The van der Waals surface area contributed by atoms with E-state index < -0.39 is 6.04 Å². The molecule has 0 unspecified atom stereocenters. The molecule has 2 amide bonds.